The minimum atomic E-state index is -0.280. The molecule has 0 aliphatic heterocycles. The third kappa shape index (κ3) is 1.96. The maximum absolute atomic E-state index is 11.9. The van der Waals surface area contributed by atoms with Gasteiger partial charge in [-0.2, -0.15) is 0 Å². The third-order valence-corrected chi connectivity index (χ3v) is 8.09. The summed E-state index contributed by atoms with van der Waals surface area (Å²) in [5.74, 6) is 5.15. The molecule has 0 aromatic carbocycles. The first-order valence-corrected chi connectivity index (χ1v) is 9.28. The summed E-state index contributed by atoms with van der Waals surface area (Å²) in [5.41, 5.74) is 1.44. The van der Waals surface area contributed by atoms with Gasteiger partial charge in [0.15, 0.2) is 5.78 Å². The molecule has 7 atom stereocenters. The van der Waals surface area contributed by atoms with Crippen molar-refractivity contribution in [3.8, 4) is 12.3 Å². The van der Waals surface area contributed by atoms with Crippen molar-refractivity contribution in [2.75, 3.05) is 0 Å². The lowest BCUT2D eigenvalue weighted by molar-refractivity contribution is -0.130. The van der Waals surface area contributed by atoms with Gasteiger partial charge in [-0.15, -0.1) is 12.3 Å². The Hall–Kier alpha value is -1.07. The van der Waals surface area contributed by atoms with Crippen LogP contribution in [0.2, 0.25) is 0 Å². The third-order valence-electron chi connectivity index (χ3n) is 8.09. The Morgan fingerprint density at radius 1 is 1.26 bits per heavy atom. The minimum Gasteiger partial charge on any atom is -0.393 e. The maximum Gasteiger partial charge on any atom is 0.155 e. The summed E-state index contributed by atoms with van der Waals surface area (Å²) >= 11 is 0. The van der Waals surface area contributed by atoms with Crippen molar-refractivity contribution >= 4 is 5.78 Å². The Balaban J connectivity index is 1.74. The average molecular weight is 312 g/mol. The molecule has 0 saturated heterocycles. The summed E-state index contributed by atoms with van der Waals surface area (Å²) in [6.45, 7) is 4.63. The van der Waals surface area contributed by atoms with Crippen molar-refractivity contribution in [1.29, 1.82) is 0 Å². The van der Waals surface area contributed by atoms with E-state index in [9.17, 15) is 9.90 Å². The van der Waals surface area contributed by atoms with Crippen molar-refractivity contribution in [2.45, 2.75) is 64.9 Å². The number of hydrogen-bond donors (Lipinski definition) is 1. The highest BCUT2D eigenvalue weighted by atomic mass is 16.3. The summed E-state index contributed by atoms with van der Waals surface area (Å²) in [4.78, 5) is 11.9. The topological polar surface area (TPSA) is 37.3 Å². The van der Waals surface area contributed by atoms with Crippen molar-refractivity contribution in [3.63, 3.8) is 0 Å². The SMILES string of the molecule is C#C[C@H]1CC[C@H]2[C@@H]3CCC4=CC(=O)CC[C@]4(C)[C@H]3C(O)C[C@]12C. The average Bonchev–Trinajstić information content (AvgIpc) is 2.83. The van der Waals surface area contributed by atoms with E-state index in [2.05, 4.69) is 19.8 Å². The molecule has 4 rings (SSSR count). The Labute approximate surface area is 139 Å². The van der Waals surface area contributed by atoms with Crippen LogP contribution in [-0.2, 0) is 4.79 Å². The van der Waals surface area contributed by atoms with Gasteiger partial charge >= 0.3 is 0 Å². The molecule has 124 valence electrons. The molecule has 3 fully saturated rings. The predicted octanol–water partition coefficient (Wildman–Crippen LogP) is 3.74. The normalized spacial score (nSPS) is 52.0. The number of hydrogen-bond acceptors (Lipinski definition) is 2. The van der Waals surface area contributed by atoms with Crippen molar-refractivity contribution in [3.05, 3.63) is 11.6 Å². The van der Waals surface area contributed by atoms with Crippen LogP contribution in [0.5, 0.6) is 0 Å². The molecule has 0 bridgehead atoms. The Morgan fingerprint density at radius 3 is 2.78 bits per heavy atom. The van der Waals surface area contributed by atoms with Crippen LogP contribution in [0.1, 0.15) is 58.8 Å². The van der Waals surface area contributed by atoms with Gasteiger partial charge in [-0.3, -0.25) is 4.79 Å². The van der Waals surface area contributed by atoms with Gasteiger partial charge in [0, 0.05) is 12.3 Å². The van der Waals surface area contributed by atoms with Crippen molar-refractivity contribution < 1.29 is 9.90 Å². The second kappa shape index (κ2) is 4.96. The second-order valence-corrected chi connectivity index (χ2v) is 8.96. The van der Waals surface area contributed by atoms with Gasteiger partial charge in [-0.25, -0.2) is 0 Å². The first-order chi connectivity index (χ1) is 10.9. The van der Waals surface area contributed by atoms with E-state index in [0.29, 0.717) is 30.1 Å². The first kappa shape index (κ1) is 15.5. The highest BCUT2D eigenvalue weighted by Crippen LogP contribution is 2.66. The zero-order chi connectivity index (χ0) is 16.4. The zero-order valence-corrected chi connectivity index (χ0v) is 14.3. The fourth-order valence-electron chi connectivity index (χ4n) is 6.96. The van der Waals surface area contributed by atoms with Gasteiger partial charge in [0.2, 0.25) is 0 Å². The molecule has 0 amide bonds. The molecule has 0 aromatic rings. The van der Waals surface area contributed by atoms with E-state index in [4.69, 9.17) is 6.42 Å². The van der Waals surface area contributed by atoms with E-state index in [1.54, 1.807) is 0 Å². The molecule has 1 unspecified atom stereocenters. The molecule has 3 saturated carbocycles. The number of rotatable bonds is 0. The molecule has 0 radical (unpaired) electrons. The van der Waals surface area contributed by atoms with E-state index in [1.165, 1.54) is 12.0 Å². The maximum atomic E-state index is 11.9. The number of aliphatic hydroxyl groups excluding tert-OH is 1. The molecule has 0 aromatic heterocycles. The van der Waals surface area contributed by atoms with E-state index in [-0.39, 0.29) is 22.7 Å². The largest absolute Gasteiger partial charge is 0.393 e. The molecule has 23 heavy (non-hydrogen) atoms. The summed E-state index contributed by atoms with van der Waals surface area (Å²) in [5, 5.41) is 11.1. The van der Waals surface area contributed by atoms with Crippen LogP contribution in [-0.4, -0.2) is 17.0 Å². The van der Waals surface area contributed by atoms with Gasteiger partial charge in [0.05, 0.1) is 6.10 Å². The Bertz CT molecular complexity index is 612. The lowest BCUT2D eigenvalue weighted by atomic mass is 9.46. The standard InChI is InChI=1S/C21H28O2/c1-4-13-6-8-17-16-7-5-14-11-15(22)9-10-20(14,2)19(16)18(23)12-21(13,17)3/h1,11,13,16-19,23H,5-10,12H2,2-3H3/t13-,16-,17-,18?,19+,20-,21+/m0/s1. The van der Waals surface area contributed by atoms with Crippen LogP contribution in [0.3, 0.4) is 0 Å². The van der Waals surface area contributed by atoms with E-state index in [0.717, 1.165) is 32.1 Å². The van der Waals surface area contributed by atoms with Gasteiger partial charge in [0.25, 0.3) is 0 Å². The van der Waals surface area contributed by atoms with Gasteiger partial charge in [-0.05, 0) is 73.2 Å². The number of terminal acetylenes is 1. The fourth-order valence-corrected chi connectivity index (χ4v) is 6.96. The molecule has 0 heterocycles. The highest BCUT2D eigenvalue weighted by molar-refractivity contribution is 5.91. The number of fused-ring (bicyclic) bond motifs is 5. The number of aliphatic hydroxyl groups is 1. The van der Waals surface area contributed by atoms with Crippen LogP contribution in [0, 0.1) is 46.8 Å². The number of allylic oxidation sites excluding steroid dienone is 1. The van der Waals surface area contributed by atoms with E-state index in [1.807, 2.05) is 6.08 Å². The Kier molecular flexibility index (Phi) is 3.34. The monoisotopic (exact) mass is 312 g/mol. The molecule has 1 N–H and O–H groups in total. The number of carbonyl (C=O) groups is 1. The fraction of sp³-hybridized carbons (Fsp3) is 0.762. The smallest absolute Gasteiger partial charge is 0.155 e. The molecule has 2 nitrogen and oxygen atoms in total. The van der Waals surface area contributed by atoms with Crippen LogP contribution in [0.15, 0.2) is 11.6 Å². The van der Waals surface area contributed by atoms with Crippen LogP contribution < -0.4 is 0 Å². The highest BCUT2D eigenvalue weighted by Gasteiger charge is 2.61. The van der Waals surface area contributed by atoms with Crippen LogP contribution >= 0.6 is 0 Å². The van der Waals surface area contributed by atoms with Gasteiger partial charge in [0.1, 0.15) is 0 Å². The van der Waals surface area contributed by atoms with Crippen LogP contribution in [0.4, 0.5) is 0 Å². The summed E-state index contributed by atoms with van der Waals surface area (Å²) in [7, 11) is 0. The molecular formula is C21H28O2. The van der Waals surface area contributed by atoms with Crippen molar-refractivity contribution in [2.24, 2.45) is 34.5 Å². The number of carbonyl (C=O) groups excluding carboxylic acids is 1. The number of ketones is 1. The quantitative estimate of drug-likeness (QED) is 0.692. The lowest BCUT2D eigenvalue weighted by Crippen LogP contribution is -2.56. The Morgan fingerprint density at radius 2 is 2.04 bits per heavy atom. The van der Waals surface area contributed by atoms with Gasteiger partial charge in [-0.1, -0.05) is 19.4 Å². The molecule has 0 spiro atoms. The summed E-state index contributed by atoms with van der Waals surface area (Å²) < 4.78 is 0. The lowest BCUT2D eigenvalue weighted by Gasteiger charge is -2.59. The summed E-state index contributed by atoms with van der Waals surface area (Å²) in [6.07, 6.45) is 14.3. The first-order valence-electron chi connectivity index (χ1n) is 9.28. The second-order valence-electron chi connectivity index (χ2n) is 8.96. The van der Waals surface area contributed by atoms with Crippen molar-refractivity contribution in [1.82, 2.24) is 0 Å². The van der Waals surface area contributed by atoms with E-state index < -0.39 is 0 Å². The van der Waals surface area contributed by atoms with E-state index >= 15 is 0 Å². The predicted molar refractivity (Wildman–Crippen MR) is 90.4 cm³/mol. The summed E-state index contributed by atoms with van der Waals surface area (Å²) in [6, 6.07) is 0. The molecule has 4 aliphatic carbocycles. The minimum absolute atomic E-state index is 0.0196. The van der Waals surface area contributed by atoms with Gasteiger partial charge < -0.3 is 5.11 Å². The zero-order valence-electron chi connectivity index (χ0n) is 14.3. The molecular weight excluding hydrogens is 284 g/mol. The molecule has 2 heteroatoms. The molecule has 4 aliphatic rings. The van der Waals surface area contributed by atoms with Crippen LogP contribution in [0.25, 0.3) is 0 Å².